The van der Waals surface area contributed by atoms with E-state index in [4.69, 9.17) is 34.5 Å². The summed E-state index contributed by atoms with van der Waals surface area (Å²) in [4.78, 5) is 2.22. The topological polar surface area (TPSA) is 66.5 Å². The molecule has 0 radical (unpaired) electrons. The van der Waals surface area contributed by atoms with Crippen molar-refractivity contribution < 1.29 is 27.8 Å². The Balaban J connectivity index is 1.15. The van der Waals surface area contributed by atoms with Gasteiger partial charge in [0.25, 0.3) is 0 Å². The molecule has 3 rings (SSSR count). The van der Waals surface area contributed by atoms with Gasteiger partial charge in [0, 0.05) is 44.1 Å². The van der Waals surface area contributed by atoms with Gasteiger partial charge in [0.05, 0.1) is 33.0 Å². The van der Waals surface area contributed by atoms with Gasteiger partial charge in [-0.1, -0.05) is 205 Å². The van der Waals surface area contributed by atoms with Gasteiger partial charge >= 0.3 is 6.95 Å². The number of ether oxygens (including phenoxy) is 3. The standard InChI is InChI=1S/C47H91ClNO6P/c48-56(50,54-42-37-49-35-40-51-41-36-49)55-44-47(53-39-28-18-14-10-6-2-4-8-12-16-22-30-46-33-25-20-26-34-46)43-52-38-27-17-13-9-5-1-3-7-11-15-21-29-45-31-23-19-24-32-45/h45-47H,1-44H2. The molecule has 2 saturated carbocycles. The summed E-state index contributed by atoms with van der Waals surface area (Å²) >= 11 is 6.20. The Morgan fingerprint density at radius 1 is 0.518 bits per heavy atom. The van der Waals surface area contributed by atoms with Crippen LogP contribution < -0.4 is 0 Å². The highest BCUT2D eigenvalue weighted by Crippen LogP contribution is 2.53. The molecule has 0 bridgehead atoms. The monoisotopic (exact) mass is 832 g/mol. The van der Waals surface area contributed by atoms with Crippen LogP contribution in [0.15, 0.2) is 0 Å². The number of hydrogen-bond acceptors (Lipinski definition) is 7. The van der Waals surface area contributed by atoms with Gasteiger partial charge in [-0.2, -0.15) is 0 Å². The summed E-state index contributed by atoms with van der Waals surface area (Å²) in [6, 6.07) is 0. The molecule has 2 unspecified atom stereocenters. The highest BCUT2D eigenvalue weighted by molar-refractivity contribution is 7.81. The zero-order valence-corrected chi connectivity index (χ0v) is 38.2. The van der Waals surface area contributed by atoms with E-state index in [0.29, 0.717) is 33.0 Å². The lowest BCUT2D eigenvalue weighted by atomic mass is 9.85. The molecule has 0 aromatic heterocycles. The highest BCUT2D eigenvalue weighted by Gasteiger charge is 2.24. The molecule has 3 fully saturated rings. The number of rotatable bonds is 38. The normalized spacial score (nSPS) is 19.4. The van der Waals surface area contributed by atoms with Gasteiger partial charge in [-0.15, -0.1) is 0 Å². The second-order valence-corrected chi connectivity index (χ2v) is 20.6. The maximum atomic E-state index is 12.8. The molecule has 2 atom stereocenters. The van der Waals surface area contributed by atoms with Crippen LogP contribution in [0.3, 0.4) is 0 Å². The van der Waals surface area contributed by atoms with E-state index in [-0.39, 0.29) is 19.3 Å². The molecule has 1 saturated heterocycles. The second kappa shape index (κ2) is 36.0. The average Bonchev–Trinajstić information content (AvgIpc) is 3.22. The van der Waals surface area contributed by atoms with Gasteiger partial charge in [-0.05, 0) is 24.7 Å². The molecule has 7 nitrogen and oxygen atoms in total. The lowest BCUT2D eigenvalue weighted by Gasteiger charge is -2.26. The summed E-state index contributed by atoms with van der Waals surface area (Å²) in [5.74, 6) is 2.10. The number of nitrogens with zero attached hydrogens (tertiary/aromatic N) is 1. The third-order valence-corrected chi connectivity index (χ3v) is 14.5. The molecule has 0 amide bonds. The van der Waals surface area contributed by atoms with Crippen LogP contribution in [-0.2, 0) is 27.8 Å². The summed E-state index contributed by atoms with van der Waals surface area (Å²) in [5, 5.41) is 0. The fourth-order valence-corrected chi connectivity index (χ4v) is 10.3. The van der Waals surface area contributed by atoms with Crippen LogP contribution in [-0.4, -0.2) is 76.9 Å². The zero-order chi connectivity index (χ0) is 39.5. The maximum absolute atomic E-state index is 12.8. The highest BCUT2D eigenvalue weighted by atomic mass is 35.7. The second-order valence-electron chi connectivity index (χ2n) is 17.9. The Morgan fingerprint density at radius 2 is 0.946 bits per heavy atom. The Kier molecular flexibility index (Phi) is 32.5. The van der Waals surface area contributed by atoms with Crippen molar-refractivity contribution in [3.05, 3.63) is 0 Å². The van der Waals surface area contributed by atoms with E-state index in [2.05, 4.69) is 4.90 Å². The molecule has 2 aliphatic carbocycles. The van der Waals surface area contributed by atoms with Crippen molar-refractivity contribution >= 4 is 18.2 Å². The first-order valence-corrected chi connectivity index (χ1v) is 27.1. The lowest BCUT2D eigenvalue weighted by molar-refractivity contribution is -0.0406. The first-order chi connectivity index (χ1) is 27.6. The van der Waals surface area contributed by atoms with Gasteiger partial charge < -0.3 is 14.2 Å². The summed E-state index contributed by atoms with van der Waals surface area (Å²) in [7, 11) is 0. The zero-order valence-electron chi connectivity index (χ0n) is 36.6. The molecule has 1 aliphatic heterocycles. The lowest BCUT2D eigenvalue weighted by Crippen LogP contribution is -2.38. The largest absolute Gasteiger partial charge is 0.424 e. The Labute approximate surface area is 351 Å². The van der Waals surface area contributed by atoms with E-state index >= 15 is 0 Å². The fraction of sp³-hybridized carbons (Fsp3) is 1.00. The molecule has 332 valence electrons. The Bertz CT molecular complexity index is 898. The first kappa shape index (κ1) is 50.6. The number of morpholine rings is 1. The van der Waals surface area contributed by atoms with E-state index in [9.17, 15) is 4.57 Å². The van der Waals surface area contributed by atoms with Crippen LogP contribution in [0.5, 0.6) is 0 Å². The van der Waals surface area contributed by atoms with Crippen molar-refractivity contribution in [1.82, 2.24) is 4.90 Å². The van der Waals surface area contributed by atoms with E-state index in [1.807, 2.05) is 0 Å². The molecular formula is C47H91ClNO6P. The predicted molar refractivity (Wildman–Crippen MR) is 237 cm³/mol. The fourth-order valence-electron chi connectivity index (χ4n) is 9.23. The minimum absolute atomic E-state index is 0.111. The van der Waals surface area contributed by atoms with E-state index in [1.165, 1.54) is 205 Å². The molecule has 0 N–H and O–H groups in total. The van der Waals surface area contributed by atoms with Crippen molar-refractivity contribution in [1.29, 1.82) is 0 Å². The van der Waals surface area contributed by atoms with Gasteiger partial charge in [0.2, 0.25) is 0 Å². The smallest absolute Gasteiger partial charge is 0.379 e. The average molecular weight is 833 g/mol. The summed E-state index contributed by atoms with van der Waals surface area (Å²) in [5.41, 5.74) is 0. The van der Waals surface area contributed by atoms with Gasteiger partial charge in [0.1, 0.15) is 6.10 Å². The summed E-state index contributed by atoms with van der Waals surface area (Å²) in [6.07, 6.45) is 47.0. The maximum Gasteiger partial charge on any atom is 0.424 e. The SMILES string of the molecule is O=P(Cl)(OCCN1CCOCC1)OCC(COCCCCCCCCCCCCCC1CCCCC1)OCCCCCCCCCCCCCC1CCCCC1. The first-order valence-electron chi connectivity index (χ1n) is 24.7. The van der Waals surface area contributed by atoms with Crippen molar-refractivity contribution in [3.63, 3.8) is 0 Å². The van der Waals surface area contributed by atoms with Crippen molar-refractivity contribution in [3.8, 4) is 0 Å². The van der Waals surface area contributed by atoms with Gasteiger partial charge in [-0.3, -0.25) is 13.9 Å². The molecular weight excluding hydrogens is 741 g/mol. The van der Waals surface area contributed by atoms with Crippen LogP contribution in [0.1, 0.15) is 218 Å². The van der Waals surface area contributed by atoms with Crippen LogP contribution >= 0.6 is 18.2 Å². The van der Waals surface area contributed by atoms with Gasteiger partial charge in [0.15, 0.2) is 0 Å². The van der Waals surface area contributed by atoms with E-state index < -0.39 is 6.95 Å². The van der Waals surface area contributed by atoms with Crippen molar-refractivity contribution in [2.45, 2.75) is 224 Å². The molecule has 0 aromatic carbocycles. The number of hydrogen-bond donors (Lipinski definition) is 0. The minimum atomic E-state index is -3.69. The van der Waals surface area contributed by atoms with Crippen LogP contribution in [0.4, 0.5) is 0 Å². The van der Waals surface area contributed by atoms with E-state index in [1.54, 1.807) is 0 Å². The predicted octanol–water partition coefficient (Wildman–Crippen LogP) is 14.6. The van der Waals surface area contributed by atoms with Crippen LogP contribution in [0, 0.1) is 11.8 Å². The molecule has 3 aliphatic rings. The summed E-state index contributed by atoms with van der Waals surface area (Å²) < 4.78 is 41.6. The molecule has 56 heavy (non-hydrogen) atoms. The third kappa shape index (κ3) is 29.5. The quantitative estimate of drug-likeness (QED) is 0.0453. The molecule has 0 spiro atoms. The van der Waals surface area contributed by atoms with Crippen LogP contribution in [0.25, 0.3) is 0 Å². The molecule has 0 aromatic rings. The van der Waals surface area contributed by atoms with Crippen molar-refractivity contribution in [2.75, 3.05) is 65.9 Å². The number of halogens is 1. The van der Waals surface area contributed by atoms with Gasteiger partial charge in [-0.25, -0.2) is 4.57 Å². The third-order valence-electron chi connectivity index (χ3n) is 12.9. The Morgan fingerprint density at radius 3 is 1.43 bits per heavy atom. The molecule has 9 heteroatoms. The minimum Gasteiger partial charge on any atom is -0.379 e. The summed E-state index contributed by atoms with van der Waals surface area (Å²) in [6.45, 7) is 2.28. The Hall–Kier alpha value is 0.280. The van der Waals surface area contributed by atoms with Crippen LogP contribution in [0.2, 0.25) is 0 Å². The van der Waals surface area contributed by atoms with Crippen molar-refractivity contribution in [2.24, 2.45) is 11.8 Å². The molecule has 1 heterocycles. The number of unbranched alkanes of at least 4 members (excludes halogenated alkanes) is 20. The van der Waals surface area contributed by atoms with E-state index in [0.717, 1.165) is 44.4 Å².